The van der Waals surface area contributed by atoms with Crippen LogP contribution in [0.3, 0.4) is 0 Å². The molecule has 0 radical (unpaired) electrons. The predicted octanol–water partition coefficient (Wildman–Crippen LogP) is 8.58. The number of hydrogen-bond acceptors (Lipinski definition) is 1. The molecule has 0 amide bonds. The van der Waals surface area contributed by atoms with E-state index in [-0.39, 0.29) is 5.41 Å². The number of nitrogens with zero attached hydrogens (tertiary/aromatic N) is 3. The largest absolute Gasteiger partial charge is 0.308 e. The molecule has 0 atom stereocenters. The van der Waals surface area contributed by atoms with Gasteiger partial charge in [-0.25, -0.2) is 0 Å². The number of rotatable bonds is 2. The molecule has 0 spiro atoms. The third kappa shape index (κ3) is 3.50. The Kier molecular flexibility index (Phi) is 5.15. The summed E-state index contributed by atoms with van der Waals surface area (Å²) in [6.45, 7) is 9.18. The zero-order valence-corrected chi connectivity index (χ0v) is 23.2. The highest BCUT2D eigenvalue weighted by Gasteiger charge is 2.26. The fourth-order valence-corrected chi connectivity index (χ4v) is 6.34. The number of fused-ring (bicyclic) bond motifs is 5. The predicted molar refractivity (Wildman–Crippen MR) is 164 cm³/mol. The second kappa shape index (κ2) is 8.51. The van der Waals surface area contributed by atoms with Gasteiger partial charge in [0.25, 0.3) is 0 Å². The van der Waals surface area contributed by atoms with Crippen molar-refractivity contribution in [3.05, 3.63) is 115 Å². The zero-order chi connectivity index (χ0) is 26.9. The van der Waals surface area contributed by atoms with E-state index in [1.54, 1.807) is 0 Å². The topological polar surface area (TPSA) is 21.7 Å². The number of hydrogen-bond donors (Lipinski definition) is 0. The first-order chi connectivity index (χ1) is 18.8. The highest BCUT2D eigenvalue weighted by Crippen LogP contribution is 2.39. The molecule has 0 aliphatic heterocycles. The second-order valence-electron chi connectivity index (χ2n) is 11.6. The molecular weight excluding hydrogens is 474 g/mol. The summed E-state index contributed by atoms with van der Waals surface area (Å²) in [5.41, 5.74) is 9.81. The van der Waals surface area contributed by atoms with Gasteiger partial charge in [-0.1, -0.05) is 81.4 Å². The molecule has 0 saturated heterocycles. The quantitative estimate of drug-likeness (QED) is 0.215. The van der Waals surface area contributed by atoms with Crippen molar-refractivity contribution in [2.75, 3.05) is 0 Å². The van der Waals surface area contributed by atoms with Crippen molar-refractivity contribution in [2.45, 2.75) is 33.1 Å². The number of benzene rings is 4. The van der Waals surface area contributed by atoms with Crippen LogP contribution in [0.1, 0.15) is 31.9 Å². The van der Waals surface area contributed by atoms with Gasteiger partial charge in [-0.2, -0.15) is 4.57 Å². The summed E-state index contributed by atoms with van der Waals surface area (Å²) in [6, 6.07) is 33.2. The van der Waals surface area contributed by atoms with Crippen LogP contribution in [0.15, 0.2) is 103 Å². The minimum atomic E-state index is 0.00862. The van der Waals surface area contributed by atoms with Crippen LogP contribution in [-0.2, 0) is 12.5 Å². The lowest BCUT2D eigenvalue weighted by molar-refractivity contribution is -0.633. The van der Waals surface area contributed by atoms with Gasteiger partial charge < -0.3 is 4.57 Å². The fourth-order valence-electron chi connectivity index (χ4n) is 6.34. The Morgan fingerprint density at radius 3 is 1.92 bits per heavy atom. The Bertz CT molecular complexity index is 2020. The van der Waals surface area contributed by atoms with E-state index < -0.39 is 0 Å². The molecule has 0 saturated carbocycles. The van der Waals surface area contributed by atoms with Crippen molar-refractivity contribution in [2.24, 2.45) is 7.05 Å². The van der Waals surface area contributed by atoms with Gasteiger partial charge in [0.2, 0.25) is 11.2 Å². The van der Waals surface area contributed by atoms with Gasteiger partial charge in [0.15, 0.2) is 0 Å². The molecule has 0 aliphatic carbocycles. The summed E-state index contributed by atoms with van der Waals surface area (Å²) >= 11 is 0. The van der Waals surface area contributed by atoms with Crippen LogP contribution in [0, 0.1) is 6.92 Å². The van der Waals surface area contributed by atoms with Crippen LogP contribution < -0.4 is 4.57 Å². The average molecular weight is 507 g/mol. The number of aryl methyl sites for hydroxylation is 2. The van der Waals surface area contributed by atoms with Crippen LogP contribution in [0.4, 0.5) is 0 Å². The summed E-state index contributed by atoms with van der Waals surface area (Å²) in [7, 11) is 2.17. The van der Waals surface area contributed by atoms with Crippen LogP contribution in [0.5, 0.6) is 0 Å². The summed E-state index contributed by atoms with van der Waals surface area (Å²) in [4.78, 5) is 4.55. The molecule has 39 heavy (non-hydrogen) atoms. The van der Waals surface area contributed by atoms with Gasteiger partial charge in [0, 0.05) is 23.0 Å². The van der Waals surface area contributed by atoms with E-state index in [0.717, 1.165) is 5.52 Å². The maximum absolute atomic E-state index is 4.55. The molecule has 7 aromatic rings. The van der Waals surface area contributed by atoms with Gasteiger partial charge in [0.1, 0.15) is 7.05 Å². The Hall–Kier alpha value is -4.50. The van der Waals surface area contributed by atoms with E-state index in [9.17, 15) is 0 Å². The lowest BCUT2D eigenvalue weighted by Crippen LogP contribution is -2.33. The molecule has 0 fully saturated rings. The Morgan fingerprint density at radius 2 is 1.28 bits per heavy atom. The van der Waals surface area contributed by atoms with Crippen molar-refractivity contribution < 1.29 is 4.57 Å². The Morgan fingerprint density at radius 1 is 0.692 bits per heavy atom. The van der Waals surface area contributed by atoms with Crippen molar-refractivity contribution in [1.82, 2.24) is 9.55 Å². The number of para-hydroxylation sites is 2. The summed E-state index contributed by atoms with van der Waals surface area (Å²) in [5, 5.41) is 6.35. The van der Waals surface area contributed by atoms with E-state index in [4.69, 9.17) is 0 Å². The molecule has 0 bridgehead atoms. The van der Waals surface area contributed by atoms with E-state index in [1.807, 2.05) is 12.4 Å². The summed E-state index contributed by atoms with van der Waals surface area (Å²) in [6.07, 6.45) is 3.90. The molecule has 4 aromatic carbocycles. The minimum absolute atomic E-state index is 0.00862. The molecule has 3 nitrogen and oxygen atoms in total. The van der Waals surface area contributed by atoms with Gasteiger partial charge in [-0.15, -0.1) is 0 Å². The maximum Gasteiger partial charge on any atom is 0.233 e. The molecule has 0 aliphatic rings. The molecule has 3 heterocycles. The monoisotopic (exact) mass is 506 g/mol. The SMILES string of the molecule is Cc1c(-c2cc(-n3c4ccccc4c4ccccc43)c3ccncc3[n+]2C)cc(C(C)(C)C)c2ccccc12. The lowest BCUT2D eigenvalue weighted by Gasteiger charge is -2.24. The van der Waals surface area contributed by atoms with Gasteiger partial charge >= 0.3 is 0 Å². The first kappa shape index (κ1) is 23.6. The average Bonchev–Trinajstić information content (AvgIpc) is 3.28. The molecule has 3 heteroatoms. The van der Waals surface area contributed by atoms with Crippen LogP contribution in [0.25, 0.3) is 60.4 Å². The minimum Gasteiger partial charge on any atom is -0.308 e. The Labute approximate surface area is 229 Å². The molecule has 7 rings (SSSR count). The van der Waals surface area contributed by atoms with Crippen LogP contribution >= 0.6 is 0 Å². The molecular formula is C36H32N3+. The summed E-state index contributed by atoms with van der Waals surface area (Å²) in [5.74, 6) is 0. The fraction of sp³-hybridized carbons (Fsp3) is 0.167. The third-order valence-electron chi connectivity index (χ3n) is 8.29. The van der Waals surface area contributed by atoms with E-state index >= 15 is 0 Å². The van der Waals surface area contributed by atoms with Crippen molar-refractivity contribution >= 4 is 43.5 Å². The Balaban J connectivity index is 1.64. The first-order valence-corrected chi connectivity index (χ1v) is 13.6. The zero-order valence-electron chi connectivity index (χ0n) is 23.2. The second-order valence-corrected chi connectivity index (χ2v) is 11.6. The van der Waals surface area contributed by atoms with Crippen molar-refractivity contribution in [1.29, 1.82) is 0 Å². The lowest BCUT2D eigenvalue weighted by atomic mass is 9.80. The van der Waals surface area contributed by atoms with Gasteiger partial charge in [0.05, 0.1) is 33.9 Å². The molecule has 190 valence electrons. The smallest absolute Gasteiger partial charge is 0.233 e. The van der Waals surface area contributed by atoms with Crippen LogP contribution in [-0.4, -0.2) is 9.55 Å². The van der Waals surface area contributed by atoms with E-state index in [0.29, 0.717) is 0 Å². The van der Waals surface area contributed by atoms with Crippen molar-refractivity contribution in [3.63, 3.8) is 0 Å². The third-order valence-corrected chi connectivity index (χ3v) is 8.29. The van der Waals surface area contributed by atoms with E-state index in [1.165, 1.54) is 66.0 Å². The maximum atomic E-state index is 4.55. The standard InChI is InChI=1S/C36H32N3/c1-23-24-12-6-7-13-25(24)30(36(2,3)4)20-29(23)33-21-34(28-18-19-37-22-35(28)38(33)5)39-31-16-10-8-14-26(31)27-15-9-11-17-32(27)39/h6-22H,1-5H3/q+1. The highest BCUT2D eigenvalue weighted by atomic mass is 15.0. The molecule has 3 aromatic heterocycles. The van der Waals surface area contributed by atoms with Crippen molar-refractivity contribution in [3.8, 4) is 16.9 Å². The number of aromatic nitrogens is 3. The normalized spacial score (nSPS) is 12.2. The van der Waals surface area contributed by atoms with E-state index in [2.05, 4.69) is 140 Å². The van der Waals surface area contributed by atoms with Crippen LogP contribution in [0.2, 0.25) is 0 Å². The molecule has 0 unspecified atom stereocenters. The first-order valence-electron chi connectivity index (χ1n) is 13.6. The molecule has 0 N–H and O–H groups in total. The van der Waals surface area contributed by atoms with Gasteiger partial charge in [-0.3, -0.25) is 4.98 Å². The highest BCUT2D eigenvalue weighted by molar-refractivity contribution is 6.10. The number of pyridine rings is 2. The van der Waals surface area contributed by atoms with Gasteiger partial charge in [-0.05, 0) is 58.5 Å². The summed E-state index contributed by atoms with van der Waals surface area (Å²) < 4.78 is 4.74.